The van der Waals surface area contributed by atoms with Crippen molar-refractivity contribution in [1.29, 1.82) is 0 Å². The van der Waals surface area contributed by atoms with Gasteiger partial charge in [0.1, 0.15) is 0 Å². The first-order valence-corrected chi connectivity index (χ1v) is 8.16. The third-order valence-corrected chi connectivity index (χ3v) is 4.75. The van der Waals surface area contributed by atoms with Gasteiger partial charge in [-0.05, 0) is 22.4 Å². The second-order valence-corrected chi connectivity index (χ2v) is 6.94. The Bertz CT molecular complexity index is 638. The zero-order valence-electron chi connectivity index (χ0n) is 14.0. The summed E-state index contributed by atoms with van der Waals surface area (Å²) in [7, 11) is 0. The summed E-state index contributed by atoms with van der Waals surface area (Å²) in [6.45, 7) is 8.61. The molecule has 23 heavy (non-hydrogen) atoms. The molecule has 0 bridgehead atoms. The molecule has 1 aliphatic rings. The van der Waals surface area contributed by atoms with Crippen molar-refractivity contribution in [3.05, 3.63) is 48.0 Å². The average molecular weight is 335 g/mol. The molecule has 3 nitrogen and oxygen atoms in total. The SMILES string of the molecule is CC(C)(CO)[C@H](c1ccc2ccccc2c1)N1CCNCC1.Cl. The van der Waals surface area contributed by atoms with Crippen molar-refractivity contribution in [2.75, 3.05) is 32.8 Å². The first-order valence-electron chi connectivity index (χ1n) is 8.16. The van der Waals surface area contributed by atoms with E-state index in [9.17, 15) is 5.11 Å². The summed E-state index contributed by atoms with van der Waals surface area (Å²) in [4.78, 5) is 2.51. The number of aliphatic hydroxyl groups excluding tert-OH is 1. The van der Waals surface area contributed by atoms with Crippen LogP contribution in [0.5, 0.6) is 0 Å². The Labute approximate surface area is 145 Å². The number of hydrogen-bond donors (Lipinski definition) is 2. The monoisotopic (exact) mass is 334 g/mol. The summed E-state index contributed by atoms with van der Waals surface area (Å²) in [5.74, 6) is 0. The molecular weight excluding hydrogens is 308 g/mol. The molecule has 1 fully saturated rings. The predicted molar refractivity (Wildman–Crippen MR) is 99.2 cm³/mol. The maximum atomic E-state index is 9.93. The Balaban J connectivity index is 0.00000192. The van der Waals surface area contributed by atoms with E-state index in [1.165, 1.54) is 16.3 Å². The molecule has 2 aromatic carbocycles. The van der Waals surface area contributed by atoms with Crippen LogP contribution in [0.4, 0.5) is 0 Å². The van der Waals surface area contributed by atoms with E-state index in [0.29, 0.717) is 0 Å². The van der Waals surface area contributed by atoms with E-state index in [1.807, 2.05) is 0 Å². The van der Waals surface area contributed by atoms with Gasteiger partial charge in [-0.2, -0.15) is 0 Å². The van der Waals surface area contributed by atoms with E-state index in [1.54, 1.807) is 0 Å². The molecule has 2 aromatic rings. The predicted octanol–water partition coefficient (Wildman–Crippen LogP) is 3.23. The van der Waals surface area contributed by atoms with E-state index in [-0.39, 0.29) is 30.5 Å². The van der Waals surface area contributed by atoms with Crippen molar-refractivity contribution >= 4 is 23.2 Å². The summed E-state index contributed by atoms with van der Waals surface area (Å²) < 4.78 is 0. The minimum atomic E-state index is -0.167. The first kappa shape index (κ1) is 18.2. The van der Waals surface area contributed by atoms with Crippen molar-refractivity contribution in [3.8, 4) is 0 Å². The van der Waals surface area contributed by atoms with Gasteiger partial charge in [0.05, 0.1) is 0 Å². The second kappa shape index (κ2) is 7.63. The fourth-order valence-corrected chi connectivity index (χ4v) is 3.56. The normalized spacial score (nSPS) is 17.7. The largest absolute Gasteiger partial charge is 0.396 e. The van der Waals surface area contributed by atoms with Crippen LogP contribution in [0.25, 0.3) is 10.8 Å². The van der Waals surface area contributed by atoms with Crippen molar-refractivity contribution in [2.24, 2.45) is 5.41 Å². The molecule has 1 saturated heterocycles. The number of piperazine rings is 1. The van der Waals surface area contributed by atoms with E-state index in [4.69, 9.17) is 0 Å². The number of halogens is 1. The Kier molecular flexibility index (Phi) is 6.04. The second-order valence-electron chi connectivity index (χ2n) is 6.94. The molecule has 126 valence electrons. The lowest BCUT2D eigenvalue weighted by atomic mass is 9.79. The van der Waals surface area contributed by atoms with Gasteiger partial charge >= 0.3 is 0 Å². The van der Waals surface area contributed by atoms with Gasteiger partial charge < -0.3 is 10.4 Å². The van der Waals surface area contributed by atoms with Crippen LogP contribution >= 0.6 is 12.4 Å². The number of nitrogens with zero attached hydrogens (tertiary/aromatic N) is 1. The molecule has 2 N–H and O–H groups in total. The lowest BCUT2D eigenvalue weighted by molar-refractivity contribution is 0.0306. The summed E-state index contributed by atoms with van der Waals surface area (Å²) in [5, 5.41) is 15.9. The van der Waals surface area contributed by atoms with Crippen molar-refractivity contribution in [1.82, 2.24) is 10.2 Å². The quantitative estimate of drug-likeness (QED) is 0.901. The van der Waals surface area contributed by atoms with Crippen molar-refractivity contribution < 1.29 is 5.11 Å². The molecule has 4 heteroatoms. The maximum Gasteiger partial charge on any atom is 0.0500 e. The zero-order valence-corrected chi connectivity index (χ0v) is 14.8. The van der Waals surface area contributed by atoms with E-state index < -0.39 is 0 Å². The van der Waals surface area contributed by atoms with Gasteiger partial charge in [-0.15, -0.1) is 12.4 Å². The molecule has 0 spiro atoms. The smallest absolute Gasteiger partial charge is 0.0500 e. The van der Waals surface area contributed by atoms with Crippen LogP contribution in [0.3, 0.4) is 0 Å². The molecule has 0 radical (unpaired) electrons. The third kappa shape index (κ3) is 3.86. The molecule has 0 amide bonds. The van der Waals surface area contributed by atoms with E-state index >= 15 is 0 Å². The molecule has 0 aromatic heterocycles. The summed E-state index contributed by atoms with van der Waals surface area (Å²) in [6, 6.07) is 15.4. The highest BCUT2D eigenvalue weighted by atomic mass is 35.5. The van der Waals surface area contributed by atoms with E-state index in [2.05, 4.69) is 66.5 Å². The van der Waals surface area contributed by atoms with Crippen LogP contribution in [0.2, 0.25) is 0 Å². The summed E-state index contributed by atoms with van der Waals surface area (Å²) in [6.07, 6.45) is 0. The third-order valence-electron chi connectivity index (χ3n) is 4.75. The van der Waals surface area contributed by atoms with Gasteiger partial charge in [-0.25, -0.2) is 0 Å². The van der Waals surface area contributed by atoms with Crippen molar-refractivity contribution in [2.45, 2.75) is 19.9 Å². The Morgan fingerprint density at radius 3 is 2.39 bits per heavy atom. The topological polar surface area (TPSA) is 35.5 Å². The lowest BCUT2D eigenvalue weighted by Crippen LogP contribution is -2.49. The molecule has 1 atom stereocenters. The van der Waals surface area contributed by atoms with Crippen LogP contribution in [0.1, 0.15) is 25.5 Å². The number of nitrogens with one attached hydrogen (secondary N) is 1. The van der Waals surface area contributed by atoms with Crippen LogP contribution in [0, 0.1) is 5.41 Å². The molecular formula is C19H27ClN2O. The molecule has 0 saturated carbocycles. The molecule has 1 heterocycles. The fraction of sp³-hybridized carbons (Fsp3) is 0.474. The van der Waals surface area contributed by atoms with Crippen LogP contribution in [-0.4, -0.2) is 42.8 Å². The van der Waals surface area contributed by atoms with Crippen LogP contribution < -0.4 is 5.32 Å². The first-order chi connectivity index (χ1) is 10.6. The average Bonchev–Trinajstić information content (AvgIpc) is 2.56. The zero-order chi connectivity index (χ0) is 15.6. The van der Waals surface area contributed by atoms with Gasteiger partial charge in [0.25, 0.3) is 0 Å². The van der Waals surface area contributed by atoms with E-state index in [0.717, 1.165) is 26.2 Å². The number of benzene rings is 2. The Morgan fingerprint density at radius 1 is 1.09 bits per heavy atom. The van der Waals surface area contributed by atoms with Gasteiger partial charge in [-0.3, -0.25) is 4.90 Å². The van der Waals surface area contributed by atoms with Crippen molar-refractivity contribution in [3.63, 3.8) is 0 Å². The summed E-state index contributed by atoms with van der Waals surface area (Å²) >= 11 is 0. The Morgan fingerprint density at radius 2 is 1.74 bits per heavy atom. The highest BCUT2D eigenvalue weighted by Crippen LogP contribution is 2.39. The Hall–Kier alpha value is -1.13. The number of hydrogen-bond acceptors (Lipinski definition) is 3. The fourth-order valence-electron chi connectivity index (χ4n) is 3.56. The highest BCUT2D eigenvalue weighted by Gasteiger charge is 2.35. The number of fused-ring (bicyclic) bond motifs is 1. The number of aliphatic hydroxyl groups is 1. The standard InChI is InChI=1S/C19H26N2O.ClH/c1-19(2,14-22)18(21-11-9-20-10-12-21)17-8-7-15-5-3-4-6-16(15)13-17;/h3-8,13,18,20,22H,9-12,14H2,1-2H3;1H/t18-;/m0./s1. The number of rotatable bonds is 4. The maximum absolute atomic E-state index is 9.93. The molecule has 0 unspecified atom stereocenters. The van der Waals surface area contributed by atoms with Gasteiger partial charge in [-0.1, -0.05) is 50.2 Å². The molecule has 3 rings (SSSR count). The summed E-state index contributed by atoms with van der Waals surface area (Å²) in [5.41, 5.74) is 1.14. The minimum Gasteiger partial charge on any atom is -0.396 e. The minimum absolute atomic E-state index is 0. The van der Waals surface area contributed by atoms with Gasteiger partial charge in [0.2, 0.25) is 0 Å². The van der Waals surface area contributed by atoms with Crippen LogP contribution in [0.15, 0.2) is 42.5 Å². The van der Waals surface area contributed by atoms with Gasteiger partial charge in [0.15, 0.2) is 0 Å². The highest BCUT2D eigenvalue weighted by molar-refractivity contribution is 5.85. The lowest BCUT2D eigenvalue weighted by Gasteiger charge is -2.43. The van der Waals surface area contributed by atoms with Crippen LogP contribution in [-0.2, 0) is 0 Å². The molecule has 1 aliphatic heterocycles. The van der Waals surface area contributed by atoms with Gasteiger partial charge in [0, 0.05) is 44.2 Å². The molecule has 0 aliphatic carbocycles.